The van der Waals surface area contributed by atoms with Gasteiger partial charge in [0.1, 0.15) is 11.0 Å². The monoisotopic (exact) mass is 313 g/mol. The van der Waals surface area contributed by atoms with Crippen molar-refractivity contribution in [3.63, 3.8) is 0 Å². The Kier molecular flexibility index (Phi) is 3.62. The van der Waals surface area contributed by atoms with Crippen LogP contribution in [0.15, 0.2) is 12.1 Å². The van der Waals surface area contributed by atoms with E-state index in [2.05, 4.69) is 27.9 Å². The van der Waals surface area contributed by atoms with Crippen molar-refractivity contribution >= 4 is 51.8 Å². The summed E-state index contributed by atoms with van der Waals surface area (Å²) in [5.41, 5.74) is 3.02. The maximum Gasteiger partial charge on any atom is 0.129 e. The van der Waals surface area contributed by atoms with E-state index in [9.17, 15) is 0 Å². The van der Waals surface area contributed by atoms with Gasteiger partial charge in [-0.3, -0.25) is 0 Å². The SMILES string of the molecule is CC1(C)CCSCC1Nc1c(Cl)ccc2nsnc12. The zero-order chi connectivity index (χ0) is 13.5. The number of aromatic nitrogens is 2. The average molecular weight is 314 g/mol. The van der Waals surface area contributed by atoms with Gasteiger partial charge >= 0.3 is 0 Å². The maximum absolute atomic E-state index is 6.34. The molecule has 0 bridgehead atoms. The van der Waals surface area contributed by atoms with Gasteiger partial charge in [0.2, 0.25) is 0 Å². The molecule has 1 unspecified atom stereocenters. The molecule has 2 aromatic rings. The Morgan fingerprint density at radius 3 is 3.00 bits per heavy atom. The van der Waals surface area contributed by atoms with Crippen molar-refractivity contribution in [3.05, 3.63) is 17.2 Å². The number of fused-ring (bicyclic) bond motifs is 1. The van der Waals surface area contributed by atoms with Gasteiger partial charge in [-0.25, -0.2) is 0 Å². The molecule has 3 rings (SSSR count). The lowest BCUT2D eigenvalue weighted by Crippen LogP contribution is -2.41. The summed E-state index contributed by atoms with van der Waals surface area (Å²) in [4.78, 5) is 0. The Hall–Kier alpha value is -0.520. The van der Waals surface area contributed by atoms with Crippen molar-refractivity contribution < 1.29 is 0 Å². The Balaban J connectivity index is 1.96. The molecule has 1 aliphatic heterocycles. The molecule has 3 nitrogen and oxygen atoms in total. The van der Waals surface area contributed by atoms with Crippen molar-refractivity contribution in [1.82, 2.24) is 8.75 Å². The first-order valence-corrected chi connectivity index (χ1v) is 8.59. The van der Waals surface area contributed by atoms with E-state index in [4.69, 9.17) is 11.6 Å². The molecule has 1 atom stereocenters. The van der Waals surface area contributed by atoms with Gasteiger partial charge in [-0.05, 0) is 29.7 Å². The Bertz CT molecular complexity index is 597. The highest BCUT2D eigenvalue weighted by molar-refractivity contribution is 7.99. The molecule has 102 valence electrons. The second-order valence-electron chi connectivity index (χ2n) is 5.56. The van der Waals surface area contributed by atoms with Crippen LogP contribution in [0.2, 0.25) is 5.02 Å². The minimum absolute atomic E-state index is 0.278. The fourth-order valence-corrected chi connectivity index (χ4v) is 4.67. The number of halogens is 1. The van der Waals surface area contributed by atoms with Crippen LogP contribution in [-0.2, 0) is 0 Å². The quantitative estimate of drug-likeness (QED) is 0.897. The second kappa shape index (κ2) is 5.11. The second-order valence-corrected chi connectivity index (χ2v) is 7.65. The van der Waals surface area contributed by atoms with Crippen molar-refractivity contribution in [3.8, 4) is 0 Å². The van der Waals surface area contributed by atoms with Gasteiger partial charge in [-0.2, -0.15) is 20.5 Å². The summed E-state index contributed by atoms with van der Waals surface area (Å²) in [5.74, 6) is 2.35. The first-order valence-electron chi connectivity index (χ1n) is 6.33. The van der Waals surface area contributed by atoms with Gasteiger partial charge < -0.3 is 5.32 Å². The third-order valence-corrected chi connectivity index (χ3v) is 5.73. The zero-order valence-corrected chi connectivity index (χ0v) is 13.3. The van der Waals surface area contributed by atoms with E-state index in [0.717, 1.165) is 27.5 Å². The van der Waals surface area contributed by atoms with Crippen LogP contribution in [0.25, 0.3) is 11.0 Å². The van der Waals surface area contributed by atoms with Crippen molar-refractivity contribution in [2.45, 2.75) is 26.3 Å². The summed E-state index contributed by atoms with van der Waals surface area (Å²) in [7, 11) is 0. The molecule has 0 saturated carbocycles. The lowest BCUT2D eigenvalue weighted by molar-refractivity contribution is 0.305. The summed E-state index contributed by atoms with van der Waals surface area (Å²) in [6.45, 7) is 4.63. The summed E-state index contributed by atoms with van der Waals surface area (Å²) in [5, 5.41) is 4.35. The molecule has 1 aliphatic rings. The zero-order valence-electron chi connectivity index (χ0n) is 10.9. The Morgan fingerprint density at radius 1 is 1.37 bits per heavy atom. The molecular formula is C13H16ClN3S2. The van der Waals surface area contributed by atoms with E-state index in [1.165, 1.54) is 23.9 Å². The lowest BCUT2D eigenvalue weighted by atomic mass is 9.82. The first-order chi connectivity index (χ1) is 9.08. The first kappa shape index (κ1) is 13.5. The molecular weight excluding hydrogens is 298 g/mol. The number of anilines is 1. The van der Waals surface area contributed by atoms with Crippen molar-refractivity contribution in [2.24, 2.45) is 5.41 Å². The summed E-state index contributed by atoms with van der Waals surface area (Å²) in [6.07, 6.45) is 1.22. The van der Waals surface area contributed by atoms with E-state index in [-0.39, 0.29) is 5.41 Å². The van der Waals surface area contributed by atoms with Gasteiger partial charge in [-0.15, -0.1) is 0 Å². The summed E-state index contributed by atoms with van der Waals surface area (Å²) >= 11 is 9.57. The highest BCUT2D eigenvalue weighted by atomic mass is 35.5. The van der Waals surface area contributed by atoms with E-state index in [0.29, 0.717) is 6.04 Å². The van der Waals surface area contributed by atoms with Crippen LogP contribution in [-0.4, -0.2) is 26.3 Å². The van der Waals surface area contributed by atoms with E-state index in [1.807, 2.05) is 23.9 Å². The molecule has 1 fully saturated rings. The van der Waals surface area contributed by atoms with Crippen LogP contribution in [0.5, 0.6) is 0 Å². The number of nitrogens with one attached hydrogen (secondary N) is 1. The fourth-order valence-electron chi connectivity index (χ4n) is 2.31. The minimum Gasteiger partial charge on any atom is -0.378 e. The molecule has 0 radical (unpaired) electrons. The topological polar surface area (TPSA) is 37.8 Å². The molecule has 1 aromatic heterocycles. The van der Waals surface area contributed by atoms with Gasteiger partial charge in [0, 0.05) is 11.8 Å². The van der Waals surface area contributed by atoms with Crippen LogP contribution in [0.1, 0.15) is 20.3 Å². The standard InChI is InChI=1S/C13H16ClN3S2/c1-13(2)5-6-18-7-10(13)15-11-8(14)3-4-9-12(11)17-19-16-9/h3-4,10,15H,5-7H2,1-2H3. The molecule has 6 heteroatoms. The van der Waals surface area contributed by atoms with Crippen molar-refractivity contribution in [1.29, 1.82) is 0 Å². The summed E-state index contributed by atoms with van der Waals surface area (Å²) in [6, 6.07) is 4.24. The van der Waals surface area contributed by atoms with Crippen LogP contribution < -0.4 is 5.32 Å². The molecule has 1 N–H and O–H groups in total. The number of thioether (sulfide) groups is 1. The molecule has 1 saturated heterocycles. The highest BCUT2D eigenvalue weighted by Gasteiger charge is 2.33. The van der Waals surface area contributed by atoms with Gasteiger partial charge in [0.25, 0.3) is 0 Å². The smallest absolute Gasteiger partial charge is 0.129 e. The van der Waals surface area contributed by atoms with Crippen LogP contribution in [0.3, 0.4) is 0 Å². The molecule has 19 heavy (non-hydrogen) atoms. The number of hydrogen-bond donors (Lipinski definition) is 1. The van der Waals surface area contributed by atoms with Gasteiger partial charge in [0.05, 0.1) is 22.4 Å². The van der Waals surface area contributed by atoms with Crippen LogP contribution in [0.4, 0.5) is 5.69 Å². The van der Waals surface area contributed by atoms with E-state index in [1.54, 1.807) is 0 Å². The Morgan fingerprint density at radius 2 is 2.21 bits per heavy atom. The Labute approximate surface area is 126 Å². The third kappa shape index (κ3) is 2.56. The number of hydrogen-bond acceptors (Lipinski definition) is 5. The molecule has 1 aromatic carbocycles. The largest absolute Gasteiger partial charge is 0.378 e. The molecule has 0 aliphatic carbocycles. The lowest BCUT2D eigenvalue weighted by Gasteiger charge is -2.39. The van der Waals surface area contributed by atoms with Crippen LogP contribution in [0, 0.1) is 5.41 Å². The molecule has 0 amide bonds. The molecule has 2 heterocycles. The normalized spacial score (nSPS) is 22.6. The summed E-state index contributed by atoms with van der Waals surface area (Å²) < 4.78 is 8.65. The van der Waals surface area contributed by atoms with Crippen LogP contribution >= 0.6 is 35.1 Å². The highest BCUT2D eigenvalue weighted by Crippen LogP contribution is 2.38. The average Bonchev–Trinajstić information content (AvgIpc) is 2.83. The third-order valence-electron chi connectivity index (χ3n) is 3.81. The fraction of sp³-hybridized carbons (Fsp3) is 0.538. The van der Waals surface area contributed by atoms with Gasteiger partial charge in [0.15, 0.2) is 0 Å². The van der Waals surface area contributed by atoms with E-state index >= 15 is 0 Å². The van der Waals surface area contributed by atoms with E-state index < -0.39 is 0 Å². The van der Waals surface area contributed by atoms with Gasteiger partial charge in [-0.1, -0.05) is 25.4 Å². The predicted molar refractivity (Wildman–Crippen MR) is 85.6 cm³/mol. The van der Waals surface area contributed by atoms with Crippen molar-refractivity contribution in [2.75, 3.05) is 16.8 Å². The number of nitrogens with zero attached hydrogens (tertiary/aromatic N) is 2. The predicted octanol–water partition coefficient (Wildman–Crippen LogP) is 4.29. The molecule has 0 spiro atoms. The minimum atomic E-state index is 0.278. The number of rotatable bonds is 2. The number of benzene rings is 1. The maximum atomic E-state index is 6.34.